The third-order valence-electron chi connectivity index (χ3n) is 13.4. The molecule has 16 aliphatic rings. The van der Waals surface area contributed by atoms with Gasteiger partial charge in [0.2, 0.25) is 0 Å². The Kier molecular flexibility index (Phi) is 21.8. The molecular formula is C36H64NO38P3. The molecule has 0 aromatic rings. The summed E-state index contributed by atoms with van der Waals surface area (Å²) in [6.45, 7) is -7.00. The summed E-state index contributed by atoms with van der Waals surface area (Å²) >= 11 is 0. The SMILES string of the molecule is O=P(O)(O)OP(=O)(O)NP(=O)(O)O[C@H]1[C@H]2O[C@H]3[C@H](O)[C@@H](O)[C@@H](O[C@H]4[C@H](O)[C@@H](O)[C@@H](O[C@H]5[C@H](O)[C@@H](O)[C@@H](O[C@H]6[C@H](O)[C@@H](O)[C@@H](O[C@H]7[C@H](O)[C@@H](O)[C@@H](O[C@@H]([C@@H]1O)[C@@H](CO)O2)O[C@@H]7CO)O[C@@H]6CO)O[C@@H]5CO)O[C@@H]4CO)O[C@@H]3CO. The minimum absolute atomic E-state index is 0.899. The average molecular weight is 1210 g/mol. The van der Waals surface area contributed by atoms with E-state index >= 15 is 0 Å². The summed E-state index contributed by atoms with van der Waals surface area (Å²) in [5.74, 6) is 0. The van der Waals surface area contributed by atoms with Crippen LogP contribution in [0.4, 0.5) is 0 Å². The number of aliphatic hydroxyl groups excluding tert-OH is 17. The van der Waals surface area contributed by atoms with E-state index in [9.17, 15) is 110 Å². The van der Waals surface area contributed by atoms with Gasteiger partial charge in [-0.25, -0.2) is 13.7 Å². The molecule has 2 unspecified atom stereocenters. The van der Waals surface area contributed by atoms with Gasteiger partial charge >= 0.3 is 23.3 Å². The van der Waals surface area contributed by atoms with Gasteiger partial charge in [0.15, 0.2) is 37.7 Å². The van der Waals surface area contributed by atoms with Crippen molar-refractivity contribution in [3.05, 3.63) is 0 Å². The lowest BCUT2D eigenvalue weighted by Crippen LogP contribution is -2.69. The minimum Gasteiger partial charge on any atom is -0.394 e. The van der Waals surface area contributed by atoms with Crippen molar-refractivity contribution in [2.45, 2.75) is 184 Å². The third-order valence-corrected chi connectivity index (χ3v) is 17.7. The Hall–Kier alpha value is -0.750. The van der Waals surface area contributed by atoms with E-state index in [2.05, 4.69) is 4.31 Å². The van der Waals surface area contributed by atoms with E-state index in [1.54, 1.807) is 0 Å². The molecule has 16 fully saturated rings. The van der Waals surface area contributed by atoms with E-state index in [0.717, 1.165) is 4.86 Å². The predicted octanol–water partition coefficient (Wildman–Crippen LogP) is -13.1. The lowest BCUT2D eigenvalue weighted by Gasteiger charge is -2.51. The van der Waals surface area contributed by atoms with E-state index < -0.39 is 247 Å². The van der Waals surface area contributed by atoms with Crippen molar-refractivity contribution in [1.82, 2.24) is 4.86 Å². The largest absolute Gasteiger partial charge is 0.477 e. The van der Waals surface area contributed by atoms with Crippen LogP contribution in [0.25, 0.3) is 0 Å². The number of hydrogen-bond donors (Lipinski definition) is 22. The molecule has 16 aliphatic heterocycles. The normalized spacial score (nSPS) is 50.6. The molecule has 22 N–H and O–H groups in total. The Morgan fingerprint density at radius 2 is 0.526 bits per heavy atom. The van der Waals surface area contributed by atoms with Crippen LogP contribution in [0.5, 0.6) is 0 Å². The molecule has 456 valence electrons. The maximum atomic E-state index is 13.4. The third kappa shape index (κ3) is 14.0. The molecule has 0 aromatic heterocycles. The molecule has 16 rings (SSSR count). The summed E-state index contributed by atoms with van der Waals surface area (Å²) in [7, 11) is -18.2. The molecule has 16 heterocycles. The van der Waals surface area contributed by atoms with Crippen molar-refractivity contribution in [3.63, 3.8) is 0 Å². The Bertz CT molecular complexity index is 2080. The van der Waals surface area contributed by atoms with Crippen LogP contribution in [0.3, 0.4) is 0 Å². The molecule has 0 saturated carbocycles. The predicted molar refractivity (Wildman–Crippen MR) is 231 cm³/mol. The van der Waals surface area contributed by atoms with Crippen LogP contribution >= 0.6 is 23.3 Å². The Morgan fingerprint density at radius 1 is 0.308 bits per heavy atom. The number of nitrogens with one attached hydrogen (secondary N) is 1. The lowest BCUT2D eigenvalue weighted by atomic mass is 9.94. The van der Waals surface area contributed by atoms with Crippen molar-refractivity contribution in [3.8, 4) is 0 Å². The van der Waals surface area contributed by atoms with E-state index in [4.69, 9.17) is 71.2 Å². The van der Waals surface area contributed by atoms with Crippen LogP contribution in [0.15, 0.2) is 0 Å². The minimum atomic E-state index is -6.15. The highest BCUT2D eigenvalue weighted by Crippen LogP contribution is 2.61. The Balaban J connectivity index is 1.25. The number of ether oxygens (including phenoxy) is 12. The van der Waals surface area contributed by atoms with Crippen LogP contribution in [0.2, 0.25) is 0 Å². The number of hydrogen-bond acceptors (Lipinski definition) is 34. The van der Waals surface area contributed by atoms with Crippen LogP contribution in [-0.2, 0) is 79.4 Å². The van der Waals surface area contributed by atoms with Gasteiger partial charge in [0, 0.05) is 0 Å². The molecule has 78 heavy (non-hydrogen) atoms. The maximum Gasteiger partial charge on any atom is 0.477 e. The van der Waals surface area contributed by atoms with Crippen LogP contribution in [-0.4, -0.2) is 330 Å². The van der Waals surface area contributed by atoms with Crippen molar-refractivity contribution < 1.29 is 186 Å². The van der Waals surface area contributed by atoms with E-state index in [0.29, 0.717) is 0 Å². The molecule has 39 nitrogen and oxygen atoms in total. The maximum absolute atomic E-state index is 13.4. The molecule has 0 radical (unpaired) electrons. The fourth-order valence-corrected chi connectivity index (χ4v) is 13.2. The van der Waals surface area contributed by atoms with Crippen LogP contribution in [0.1, 0.15) is 0 Å². The fraction of sp³-hybridized carbons (Fsp3) is 1.00. The van der Waals surface area contributed by atoms with E-state index in [1.165, 1.54) is 0 Å². The second-order valence-corrected chi connectivity index (χ2v) is 23.4. The summed E-state index contributed by atoms with van der Waals surface area (Å²) in [5, 5.41) is 187. The standard InChI is InChI=1S/C36H64NO38P3/c38-1-7-24-13(44)18(49)31(62-7)68-25-8(2-39)63-33(19(50)14(25)45)70-27-10(4-41)65-35(21(52)16(27)47)72-29-12(6-43)67-36(30(23(29)54)74-76(55,56)37-77(57,58)75-78(59,60)61)73-28-11(5-42)66-34(22(53)17(28)48)71-26-9(3-40)64-32(69-24)20(51)15(26)46/h7-36,38-54H,1-6H2,(H2,59,60,61)(H3,37,55,56,57,58)/t7-,8-,9-,10-,11-,12-,13-,14-,15-,16-,17-,18-,19-,20-,21-,22-,23+,24-,25-,26-,27-,28-,29-,30-,31-,32-,33-,34-,35-,36-/m1/s1. The Morgan fingerprint density at radius 3 is 0.756 bits per heavy atom. The van der Waals surface area contributed by atoms with Crippen molar-refractivity contribution >= 4 is 23.3 Å². The fourth-order valence-electron chi connectivity index (χ4n) is 9.54. The molecule has 0 aromatic carbocycles. The Labute approximate surface area is 437 Å². The zero-order chi connectivity index (χ0) is 57.7. The van der Waals surface area contributed by atoms with Crippen LogP contribution in [0, 0.1) is 0 Å². The van der Waals surface area contributed by atoms with Gasteiger partial charge in [0.05, 0.1) is 39.6 Å². The highest BCUT2D eigenvalue weighted by atomic mass is 31.3. The van der Waals surface area contributed by atoms with Gasteiger partial charge in [-0.15, -0.1) is 4.86 Å². The summed E-state index contributed by atoms with van der Waals surface area (Å²) in [6, 6.07) is 0. The number of rotatable bonds is 12. The first-order chi connectivity index (χ1) is 36.5. The topological polar surface area (TPSA) is 617 Å². The molecule has 0 aliphatic carbocycles. The molecule has 0 spiro atoms. The quantitative estimate of drug-likeness (QED) is 0.0807. The van der Waals surface area contributed by atoms with Gasteiger partial charge in [-0.1, -0.05) is 0 Å². The molecule has 0 amide bonds. The average Bonchev–Trinajstić information content (AvgIpc) is 3.37. The molecule has 16 saturated heterocycles. The van der Waals surface area contributed by atoms with Gasteiger partial charge in [0.1, 0.15) is 146 Å². The van der Waals surface area contributed by atoms with Crippen molar-refractivity contribution in [1.29, 1.82) is 0 Å². The smallest absolute Gasteiger partial charge is 0.394 e. The first-order valence-electron chi connectivity index (χ1n) is 23.4. The van der Waals surface area contributed by atoms with Gasteiger partial charge in [-0.05, 0) is 0 Å². The van der Waals surface area contributed by atoms with E-state index in [1.807, 2.05) is 0 Å². The second kappa shape index (κ2) is 26.3. The number of aliphatic hydroxyl groups is 17. The second-order valence-electron chi connectivity index (χ2n) is 18.6. The molecular weight excluding hydrogens is 1150 g/mol. The van der Waals surface area contributed by atoms with Gasteiger partial charge in [0.25, 0.3) is 0 Å². The zero-order valence-corrected chi connectivity index (χ0v) is 42.4. The number of phosphoric acid groups is 1. The summed E-state index contributed by atoms with van der Waals surface area (Å²) in [5.41, 5.74) is 0. The molecule has 42 heteroatoms. The van der Waals surface area contributed by atoms with Gasteiger partial charge in [-0.3, -0.25) is 4.52 Å². The lowest BCUT2D eigenvalue weighted by molar-refractivity contribution is -0.403. The first-order valence-corrected chi connectivity index (χ1v) is 28.1. The van der Waals surface area contributed by atoms with Gasteiger partial charge in [-0.2, -0.15) is 4.31 Å². The van der Waals surface area contributed by atoms with Crippen molar-refractivity contribution in [2.24, 2.45) is 0 Å². The zero-order valence-electron chi connectivity index (χ0n) is 39.7. The highest BCUT2D eigenvalue weighted by molar-refractivity contribution is 7.70. The molecule has 12 bridgehead atoms. The van der Waals surface area contributed by atoms with Crippen molar-refractivity contribution in [2.75, 3.05) is 39.6 Å². The molecule has 32 atom stereocenters. The highest BCUT2D eigenvalue weighted by Gasteiger charge is 2.60. The first kappa shape index (κ1) is 64.8. The van der Waals surface area contributed by atoms with E-state index in [-0.39, 0.29) is 0 Å². The monoisotopic (exact) mass is 1210 g/mol. The summed E-state index contributed by atoms with van der Waals surface area (Å²) < 4.78 is 114. The van der Waals surface area contributed by atoms with Crippen LogP contribution < -0.4 is 4.86 Å². The van der Waals surface area contributed by atoms with Gasteiger partial charge < -0.3 is 163 Å². The summed E-state index contributed by atoms with van der Waals surface area (Å²) in [6.07, 6.45) is -65.5. The summed E-state index contributed by atoms with van der Waals surface area (Å²) in [4.78, 5) is 39.8.